The molecule has 10 heteroatoms. The molecule has 0 radical (unpaired) electrons. The number of ether oxygens (including phenoxy) is 3. The fourth-order valence-electron chi connectivity index (χ4n) is 3.57. The first-order valence-corrected chi connectivity index (χ1v) is 10.3. The zero-order chi connectivity index (χ0) is 19.5. The third-order valence-electron chi connectivity index (χ3n) is 5.13. The Morgan fingerprint density at radius 3 is 2.61 bits per heavy atom. The number of amides is 1. The van der Waals surface area contributed by atoms with Gasteiger partial charge in [0.2, 0.25) is 5.88 Å². The monoisotopic (exact) mass is 454 g/mol. The molecule has 4 heterocycles. The summed E-state index contributed by atoms with van der Waals surface area (Å²) < 4.78 is 19.0. The van der Waals surface area contributed by atoms with Crippen LogP contribution in [0.2, 0.25) is 0 Å². The van der Waals surface area contributed by atoms with Crippen molar-refractivity contribution < 1.29 is 24.1 Å². The van der Waals surface area contributed by atoms with E-state index in [1.165, 1.54) is 9.42 Å². The Hall–Kier alpha value is -1.91. The van der Waals surface area contributed by atoms with Crippen LogP contribution >= 0.6 is 15.9 Å². The van der Waals surface area contributed by atoms with Gasteiger partial charge in [0.05, 0.1) is 23.9 Å². The standard InChI is InChI=1S/C18H23BrN4O5/c19-14-10-20-23-16(22(18(24)25)11-12-1-5-26-6-2-12)9-15(21-17(14)23)28-13-3-7-27-8-4-13/h9-10,12-13H,1-8,11H2,(H,24,25). The molecule has 1 amide bonds. The second kappa shape index (κ2) is 8.62. The van der Waals surface area contributed by atoms with E-state index in [2.05, 4.69) is 26.0 Å². The number of anilines is 1. The van der Waals surface area contributed by atoms with Gasteiger partial charge in [0.15, 0.2) is 5.65 Å². The molecule has 28 heavy (non-hydrogen) atoms. The third kappa shape index (κ3) is 4.23. The highest BCUT2D eigenvalue weighted by Crippen LogP contribution is 2.29. The third-order valence-corrected chi connectivity index (χ3v) is 5.69. The van der Waals surface area contributed by atoms with E-state index in [1.54, 1.807) is 12.3 Å². The molecule has 0 bridgehead atoms. The summed E-state index contributed by atoms with van der Waals surface area (Å²) in [5, 5.41) is 14.2. The second-order valence-electron chi connectivity index (χ2n) is 7.06. The Bertz CT molecular complexity index is 833. The smallest absolute Gasteiger partial charge is 0.413 e. The van der Waals surface area contributed by atoms with Crippen LogP contribution in [0.4, 0.5) is 10.6 Å². The van der Waals surface area contributed by atoms with Crippen LogP contribution in [0.25, 0.3) is 5.65 Å². The topological polar surface area (TPSA) is 98.4 Å². The fourth-order valence-corrected chi connectivity index (χ4v) is 3.92. The zero-order valence-corrected chi connectivity index (χ0v) is 17.0. The average Bonchev–Trinajstić information content (AvgIpc) is 3.08. The molecule has 2 saturated heterocycles. The van der Waals surface area contributed by atoms with Gasteiger partial charge in [0.25, 0.3) is 0 Å². The summed E-state index contributed by atoms with van der Waals surface area (Å²) in [5.74, 6) is 1.07. The molecule has 2 fully saturated rings. The first-order valence-electron chi connectivity index (χ1n) is 9.48. The molecule has 2 aliphatic heterocycles. The molecule has 4 rings (SSSR count). The van der Waals surface area contributed by atoms with Crippen LogP contribution in [0.1, 0.15) is 25.7 Å². The summed E-state index contributed by atoms with van der Waals surface area (Å²) in [5.41, 5.74) is 0.526. The lowest BCUT2D eigenvalue weighted by molar-refractivity contribution is 0.0238. The molecule has 0 saturated carbocycles. The van der Waals surface area contributed by atoms with E-state index in [9.17, 15) is 9.90 Å². The van der Waals surface area contributed by atoms with E-state index in [4.69, 9.17) is 14.2 Å². The van der Waals surface area contributed by atoms with Crippen LogP contribution in [0.3, 0.4) is 0 Å². The van der Waals surface area contributed by atoms with E-state index in [0.717, 1.165) is 25.7 Å². The van der Waals surface area contributed by atoms with Crippen LogP contribution < -0.4 is 9.64 Å². The summed E-state index contributed by atoms with van der Waals surface area (Å²) in [7, 11) is 0. The Kier molecular flexibility index (Phi) is 5.98. The maximum Gasteiger partial charge on any atom is 0.413 e. The Morgan fingerprint density at radius 2 is 1.93 bits per heavy atom. The summed E-state index contributed by atoms with van der Waals surface area (Å²) in [6.45, 7) is 3.01. The number of hydrogen-bond donors (Lipinski definition) is 1. The van der Waals surface area contributed by atoms with Crippen molar-refractivity contribution in [1.82, 2.24) is 14.6 Å². The van der Waals surface area contributed by atoms with Gasteiger partial charge in [-0.25, -0.2) is 4.79 Å². The van der Waals surface area contributed by atoms with Crippen LogP contribution in [-0.4, -0.2) is 64.9 Å². The molecule has 2 aliphatic rings. The number of rotatable bonds is 5. The molecule has 152 valence electrons. The van der Waals surface area contributed by atoms with Gasteiger partial charge in [-0.3, -0.25) is 4.90 Å². The molecule has 9 nitrogen and oxygen atoms in total. The Labute approximate surface area is 170 Å². The average molecular weight is 455 g/mol. The largest absolute Gasteiger partial charge is 0.474 e. The molecule has 0 unspecified atom stereocenters. The lowest BCUT2D eigenvalue weighted by Gasteiger charge is -2.28. The fraction of sp³-hybridized carbons (Fsp3) is 0.611. The number of carbonyl (C=O) groups is 1. The zero-order valence-electron chi connectivity index (χ0n) is 15.4. The number of halogens is 1. The Balaban J connectivity index is 1.67. The van der Waals surface area contributed by atoms with Crippen molar-refractivity contribution >= 4 is 33.5 Å². The van der Waals surface area contributed by atoms with Gasteiger partial charge in [-0.2, -0.15) is 14.6 Å². The van der Waals surface area contributed by atoms with Crippen molar-refractivity contribution in [2.24, 2.45) is 5.92 Å². The minimum atomic E-state index is -1.03. The first-order chi connectivity index (χ1) is 13.6. The van der Waals surface area contributed by atoms with Gasteiger partial charge >= 0.3 is 6.09 Å². The second-order valence-corrected chi connectivity index (χ2v) is 7.91. The van der Waals surface area contributed by atoms with Crippen molar-refractivity contribution in [3.05, 3.63) is 16.7 Å². The van der Waals surface area contributed by atoms with E-state index < -0.39 is 6.09 Å². The molecule has 0 aromatic carbocycles. The number of carboxylic acid groups (broad SMARTS) is 1. The predicted molar refractivity (Wildman–Crippen MR) is 104 cm³/mol. The van der Waals surface area contributed by atoms with Crippen LogP contribution in [-0.2, 0) is 9.47 Å². The van der Waals surface area contributed by atoms with Gasteiger partial charge in [0, 0.05) is 38.7 Å². The van der Waals surface area contributed by atoms with Crippen LogP contribution in [0.5, 0.6) is 5.88 Å². The maximum absolute atomic E-state index is 12.1. The van der Waals surface area contributed by atoms with Crippen molar-refractivity contribution in [2.75, 3.05) is 37.9 Å². The molecule has 0 atom stereocenters. The highest BCUT2D eigenvalue weighted by atomic mass is 79.9. The van der Waals surface area contributed by atoms with Crippen LogP contribution in [0, 0.1) is 5.92 Å². The van der Waals surface area contributed by atoms with Crippen LogP contribution in [0.15, 0.2) is 16.7 Å². The minimum Gasteiger partial charge on any atom is -0.474 e. The molecule has 2 aromatic rings. The van der Waals surface area contributed by atoms with E-state index in [0.29, 0.717) is 54.8 Å². The van der Waals surface area contributed by atoms with Gasteiger partial charge < -0.3 is 19.3 Å². The van der Waals surface area contributed by atoms with E-state index >= 15 is 0 Å². The predicted octanol–water partition coefficient (Wildman–Crippen LogP) is 2.96. The maximum atomic E-state index is 12.1. The normalized spacial score (nSPS) is 19.0. The molecule has 2 aromatic heterocycles. The molecular formula is C18H23BrN4O5. The van der Waals surface area contributed by atoms with E-state index in [-0.39, 0.29) is 12.0 Å². The SMILES string of the molecule is O=C(O)N(CC1CCOCC1)c1cc(OC2CCOCC2)nc2c(Br)cnn12. The van der Waals surface area contributed by atoms with Gasteiger partial charge in [-0.05, 0) is 34.7 Å². The summed E-state index contributed by atoms with van der Waals surface area (Å²) in [6.07, 6.45) is 3.84. The van der Waals surface area contributed by atoms with Crippen molar-refractivity contribution in [3.63, 3.8) is 0 Å². The highest BCUT2D eigenvalue weighted by Gasteiger charge is 2.26. The number of fused-ring (bicyclic) bond motifs is 1. The molecule has 0 aliphatic carbocycles. The van der Waals surface area contributed by atoms with Crippen molar-refractivity contribution in [2.45, 2.75) is 31.8 Å². The highest BCUT2D eigenvalue weighted by molar-refractivity contribution is 9.10. The first kappa shape index (κ1) is 19.4. The van der Waals surface area contributed by atoms with Crippen molar-refractivity contribution in [3.8, 4) is 5.88 Å². The Morgan fingerprint density at radius 1 is 1.25 bits per heavy atom. The number of hydrogen-bond acceptors (Lipinski definition) is 6. The summed E-state index contributed by atoms with van der Waals surface area (Å²) in [6, 6.07) is 1.66. The van der Waals surface area contributed by atoms with Gasteiger partial charge in [-0.15, -0.1) is 0 Å². The number of aromatic nitrogens is 3. The summed E-state index contributed by atoms with van der Waals surface area (Å²) in [4.78, 5) is 18.0. The lowest BCUT2D eigenvalue weighted by atomic mass is 10.00. The minimum absolute atomic E-state index is 0.00650. The summed E-state index contributed by atoms with van der Waals surface area (Å²) >= 11 is 3.44. The van der Waals surface area contributed by atoms with Gasteiger partial charge in [0.1, 0.15) is 11.9 Å². The van der Waals surface area contributed by atoms with E-state index in [1.807, 2.05) is 0 Å². The number of nitrogens with zero attached hydrogens (tertiary/aromatic N) is 4. The quantitative estimate of drug-likeness (QED) is 0.740. The molecular weight excluding hydrogens is 432 g/mol. The van der Waals surface area contributed by atoms with Gasteiger partial charge in [-0.1, -0.05) is 0 Å². The molecule has 1 N–H and O–H groups in total. The van der Waals surface area contributed by atoms with Crippen molar-refractivity contribution in [1.29, 1.82) is 0 Å². The lowest BCUT2D eigenvalue weighted by Crippen LogP contribution is -2.37. The molecule has 0 spiro atoms.